The van der Waals surface area contributed by atoms with Crippen molar-refractivity contribution in [3.05, 3.63) is 114 Å². The van der Waals surface area contributed by atoms with E-state index in [1.165, 1.54) is 71.3 Å². The van der Waals surface area contributed by atoms with E-state index in [1.807, 2.05) is 0 Å². The Hall–Kier alpha value is -2.80. The highest BCUT2D eigenvalue weighted by atomic mass is 15.2. The number of likely N-dealkylation sites (tertiary alicyclic amines) is 1. The first kappa shape index (κ1) is 21.1. The number of hydrogen-bond donors (Lipinski definition) is 0. The molecule has 1 heteroatoms. The third kappa shape index (κ3) is 3.68. The summed E-state index contributed by atoms with van der Waals surface area (Å²) < 4.78 is 0. The highest BCUT2D eigenvalue weighted by Crippen LogP contribution is 2.44. The van der Waals surface area contributed by atoms with Crippen molar-refractivity contribution in [2.24, 2.45) is 5.92 Å². The fraction of sp³-hybridized carbons (Fsp3) is 0.355. The van der Waals surface area contributed by atoms with E-state index in [9.17, 15) is 0 Å². The SMILES string of the molecule is C=C(C1=CC=C2C=CC=CC21)c1cccc(C2CC(=C)N(C3CCCCC3)C(=C)C2)c1C. The fourth-order valence-corrected chi connectivity index (χ4v) is 6.29. The number of benzene rings is 1. The standard InChI is InChI=1S/C31H35N/c1-21-19-26(20-22(2)32(21)27-12-6-5-7-13-27)29-16-10-15-28(23(29)3)24(4)30-18-17-25-11-8-9-14-31(25)30/h8-11,14-18,26-27,31H,1-2,4-7,12-13,19-20H2,3H3. The molecule has 0 amide bonds. The van der Waals surface area contributed by atoms with E-state index >= 15 is 0 Å². The van der Waals surface area contributed by atoms with Crippen molar-refractivity contribution in [1.82, 2.24) is 4.90 Å². The summed E-state index contributed by atoms with van der Waals surface area (Å²) in [6, 6.07) is 7.38. The molecule has 1 nitrogen and oxygen atoms in total. The first-order valence-corrected chi connectivity index (χ1v) is 12.2. The third-order valence-electron chi connectivity index (χ3n) is 7.93. The predicted molar refractivity (Wildman–Crippen MR) is 137 cm³/mol. The molecule has 2 fully saturated rings. The highest BCUT2D eigenvalue weighted by Gasteiger charge is 2.32. The molecule has 1 aliphatic heterocycles. The molecular formula is C31H35N. The van der Waals surface area contributed by atoms with Crippen LogP contribution in [-0.4, -0.2) is 10.9 Å². The Morgan fingerprint density at radius 1 is 0.969 bits per heavy atom. The van der Waals surface area contributed by atoms with Crippen molar-refractivity contribution >= 4 is 5.57 Å². The fourth-order valence-electron chi connectivity index (χ4n) is 6.29. The Labute approximate surface area is 193 Å². The zero-order chi connectivity index (χ0) is 22.2. The second kappa shape index (κ2) is 8.62. The van der Waals surface area contributed by atoms with Gasteiger partial charge in [0.15, 0.2) is 0 Å². The minimum Gasteiger partial charge on any atom is -0.347 e. The summed E-state index contributed by atoms with van der Waals surface area (Å²) >= 11 is 0. The maximum absolute atomic E-state index is 4.55. The lowest BCUT2D eigenvalue weighted by Crippen LogP contribution is -2.38. The van der Waals surface area contributed by atoms with Gasteiger partial charge in [0, 0.05) is 23.4 Å². The molecule has 0 N–H and O–H groups in total. The van der Waals surface area contributed by atoms with Gasteiger partial charge in [-0.2, -0.15) is 0 Å². The van der Waals surface area contributed by atoms with Gasteiger partial charge >= 0.3 is 0 Å². The molecule has 164 valence electrons. The van der Waals surface area contributed by atoms with E-state index in [0.29, 0.717) is 17.9 Å². The number of fused-ring (bicyclic) bond motifs is 1. The van der Waals surface area contributed by atoms with Crippen molar-refractivity contribution < 1.29 is 0 Å². The van der Waals surface area contributed by atoms with Crippen LogP contribution >= 0.6 is 0 Å². The summed E-state index contributed by atoms with van der Waals surface area (Å²) in [5.41, 5.74) is 10.4. The van der Waals surface area contributed by atoms with Crippen LogP contribution in [0.5, 0.6) is 0 Å². The molecule has 5 rings (SSSR count). The van der Waals surface area contributed by atoms with Crippen LogP contribution in [0.4, 0.5) is 0 Å². The Bertz CT molecular complexity index is 1070. The molecule has 0 aromatic heterocycles. The van der Waals surface area contributed by atoms with Gasteiger partial charge in [-0.3, -0.25) is 0 Å². The van der Waals surface area contributed by atoms with Gasteiger partial charge in [-0.1, -0.05) is 93.7 Å². The number of allylic oxidation sites excluding steroid dienone is 11. The molecule has 1 saturated heterocycles. The topological polar surface area (TPSA) is 3.24 Å². The molecule has 1 heterocycles. The molecule has 0 spiro atoms. The van der Waals surface area contributed by atoms with Gasteiger partial charge in [-0.25, -0.2) is 0 Å². The lowest BCUT2D eigenvalue weighted by atomic mass is 9.79. The van der Waals surface area contributed by atoms with Crippen molar-refractivity contribution in [2.45, 2.75) is 63.8 Å². The summed E-state index contributed by atoms with van der Waals surface area (Å²) in [5, 5.41) is 0. The van der Waals surface area contributed by atoms with Crippen molar-refractivity contribution in [3.63, 3.8) is 0 Å². The summed E-state index contributed by atoms with van der Waals surface area (Å²) in [4.78, 5) is 2.49. The average Bonchev–Trinajstić information content (AvgIpc) is 3.23. The Kier molecular flexibility index (Phi) is 5.67. The van der Waals surface area contributed by atoms with Crippen LogP contribution in [0.1, 0.15) is 67.6 Å². The predicted octanol–water partition coefficient (Wildman–Crippen LogP) is 8.16. The maximum Gasteiger partial charge on any atom is 0.0335 e. The molecule has 3 aliphatic carbocycles. The van der Waals surface area contributed by atoms with E-state index in [-0.39, 0.29) is 0 Å². The van der Waals surface area contributed by atoms with E-state index in [1.54, 1.807) is 0 Å². The summed E-state index contributed by atoms with van der Waals surface area (Å²) in [6.07, 6.45) is 21.9. The minimum atomic E-state index is 0.342. The lowest BCUT2D eigenvalue weighted by Gasteiger charge is -2.44. The van der Waals surface area contributed by atoms with Gasteiger partial charge in [-0.05, 0) is 71.9 Å². The van der Waals surface area contributed by atoms with E-state index < -0.39 is 0 Å². The van der Waals surface area contributed by atoms with Crippen LogP contribution < -0.4 is 0 Å². The second-order valence-electron chi connectivity index (χ2n) is 9.91. The second-order valence-corrected chi connectivity index (χ2v) is 9.91. The van der Waals surface area contributed by atoms with Crippen molar-refractivity contribution in [3.8, 4) is 0 Å². The number of piperidine rings is 1. The van der Waals surface area contributed by atoms with Gasteiger partial charge in [0.05, 0.1) is 0 Å². The van der Waals surface area contributed by atoms with Crippen LogP contribution in [0.3, 0.4) is 0 Å². The van der Waals surface area contributed by atoms with Crippen LogP contribution in [0.15, 0.2) is 96.9 Å². The Balaban J connectivity index is 1.37. The van der Waals surface area contributed by atoms with Gasteiger partial charge in [0.2, 0.25) is 0 Å². The molecular weight excluding hydrogens is 386 g/mol. The molecule has 1 aromatic carbocycles. The Morgan fingerprint density at radius 3 is 2.47 bits per heavy atom. The summed E-state index contributed by atoms with van der Waals surface area (Å²) in [5.74, 6) is 0.792. The van der Waals surface area contributed by atoms with Gasteiger partial charge < -0.3 is 4.90 Å². The van der Waals surface area contributed by atoms with Crippen LogP contribution in [-0.2, 0) is 0 Å². The molecule has 0 radical (unpaired) electrons. The third-order valence-corrected chi connectivity index (χ3v) is 7.93. The van der Waals surface area contributed by atoms with Crippen LogP contribution in [0.25, 0.3) is 5.57 Å². The normalized spacial score (nSPS) is 23.9. The number of rotatable bonds is 4. The smallest absolute Gasteiger partial charge is 0.0335 e. The van der Waals surface area contributed by atoms with Crippen molar-refractivity contribution in [2.75, 3.05) is 0 Å². The molecule has 32 heavy (non-hydrogen) atoms. The largest absolute Gasteiger partial charge is 0.347 e. The number of nitrogens with zero attached hydrogens (tertiary/aromatic N) is 1. The zero-order valence-electron chi connectivity index (χ0n) is 19.4. The van der Waals surface area contributed by atoms with Crippen LogP contribution in [0, 0.1) is 12.8 Å². The van der Waals surface area contributed by atoms with Gasteiger partial charge in [-0.15, -0.1) is 0 Å². The zero-order valence-corrected chi connectivity index (χ0v) is 19.4. The summed E-state index contributed by atoms with van der Waals surface area (Å²) in [7, 11) is 0. The van der Waals surface area contributed by atoms with Gasteiger partial charge in [0.25, 0.3) is 0 Å². The average molecular weight is 422 g/mol. The molecule has 1 unspecified atom stereocenters. The Morgan fingerprint density at radius 2 is 1.72 bits per heavy atom. The highest BCUT2D eigenvalue weighted by molar-refractivity contribution is 5.83. The molecule has 4 aliphatic rings. The first-order chi connectivity index (χ1) is 15.5. The monoisotopic (exact) mass is 421 g/mol. The molecule has 1 atom stereocenters. The van der Waals surface area contributed by atoms with E-state index in [2.05, 4.69) is 86.2 Å². The van der Waals surface area contributed by atoms with Crippen LogP contribution in [0.2, 0.25) is 0 Å². The first-order valence-electron chi connectivity index (χ1n) is 12.2. The number of hydrogen-bond acceptors (Lipinski definition) is 1. The lowest BCUT2D eigenvalue weighted by molar-refractivity contribution is 0.211. The molecule has 1 saturated carbocycles. The minimum absolute atomic E-state index is 0.342. The van der Waals surface area contributed by atoms with E-state index in [0.717, 1.165) is 18.4 Å². The maximum atomic E-state index is 4.55. The molecule has 1 aromatic rings. The summed E-state index contributed by atoms with van der Waals surface area (Å²) in [6.45, 7) is 15.8. The van der Waals surface area contributed by atoms with Gasteiger partial charge in [0.1, 0.15) is 0 Å². The quantitative estimate of drug-likeness (QED) is 0.474. The van der Waals surface area contributed by atoms with E-state index in [4.69, 9.17) is 0 Å². The van der Waals surface area contributed by atoms with Crippen molar-refractivity contribution in [1.29, 1.82) is 0 Å². The molecule has 0 bridgehead atoms.